The summed E-state index contributed by atoms with van der Waals surface area (Å²) in [5, 5.41) is 8.82. The molecule has 0 heterocycles. The Morgan fingerprint density at radius 2 is 2.00 bits per heavy atom. The minimum atomic E-state index is -3.92. The fourth-order valence-corrected chi connectivity index (χ4v) is 4.56. The van der Waals surface area contributed by atoms with Gasteiger partial charge in [0.2, 0.25) is 10.0 Å². The molecule has 0 aliphatic heterocycles. The Labute approximate surface area is 206 Å². The summed E-state index contributed by atoms with van der Waals surface area (Å²) in [5.41, 5.74) is 11.1. The number of benzene rings is 2. The van der Waals surface area contributed by atoms with E-state index in [1.165, 1.54) is 12.3 Å². The van der Waals surface area contributed by atoms with Crippen LogP contribution in [0.4, 0.5) is 11.4 Å². The lowest BCUT2D eigenvalue weighted by molar-refractivity contribution is -0.102. The summed E-state index contributed by atoms with van der Waals surface area (Å²) >= 11 is 0. The Balaban J connectivity index is 1.96. The predicted octanol–water partition coefficient (Wildman–Crippen LogP) is 4.59. The SMILES string of the molecule is C/C=C(\C=C/N)c1cccc(CNc2ccc(C3=C(S(N)(=O)=O)C=CC=CC3)cc2N=CC=O)c1. The number of carbonyl (C=O) groups is 1. The Kier molecular flexibility index (Phi) is 8.72. The molecule has 8 heteroatoms. The van der Waals surface area contributed by atoms with E-state index in [0.29, 0.717) is 41.8 Å². The van der Waals surface area contributed by atoms with Gasteiger partial charge in [0.25, 0.3) is 0 Å². The van der Waals surface area contributed by atoms with Crippen LogP contribution in [0.3, 0.4) is 0 Å². The van der Waals surface area contributed by atoms with E-state index < -0.39 is 10.0 Å². The van der Waals surface area contributed by atoms with Crippen molar-refractivity contribution in [2.75, 3.05) is 5.32 Å². The number of nitrogens with one attached hydrogen (secondary N) is 1. The highest BCUT2D eigenvalue weighted by atomic mass is 32.2. The molecule has 0 saturated carbocycles. The molecule has 2 aromatic rings. The molecule has 0 bridgehead atoms. The average Bonchev–Trinajstić information content (AvgIpc) is 3.12. The van der Waals surface area contributed by atoms with E-state index in [4.69, 9.17) is 10.9 Å². The second-order valence-electron chi connectivity index (χ2n) is 7.68. The Hall–Kier alpha value is -4.01. The Morgan fingerprint density at radius 3 is 2.71 bits per heavy atom. The van der Waals surface area contributed by atoms with Crippen LogP contribution < -0.4 is 16.2 Å². The van der Waals surface area contributed by atoms with Gasteiger partial charge in [-0.05, 0) is 77.7 Å². The molecule has 0 aromatic heterocycles. The molecular formula is C27H28N4O3S. The van der Waals surface area contributed by atoms with Crippen LogP contribution >= 0.6 is 0 Å². The molecule has 0 spiro atoms. The lowest BCUT2D eigenvalue weighted by atomic mass is 10.0. The number of carbonyl (C=O) groups excluding carboxylic acids is 1. The molecule has 1 aliphatic rings. The normalized spacial score (nSPS) is 14.6. The molecule has 5 N–H and O–H groups in total. The summed E-state index contributed by atoms with van der Waals surface area (Å²) in [4.78, 5) is 15.3. The largest absolute Gasteiger partial charge is 0.405 e. The van der Waals surface area contributed by atoms with Gasteiger partial charge >= 0.3 is 0 Å². The molecule has 0 amide bonds. The quantitative estimate of drug-likeness (QED) is 0.270. The van der Waals surface area contributed by atoms with E-state index >= 15 is 0 Å². The fraction of sp³-hybridized carbons (Fsp3) is 0.111. The maximum absolute atomic E-state index is 12.2. The van der Waals surface area contributed by atoms with E-state index in [1.54, 1.807) is 18.2 Å². The molecule has 0 atom stereocenters. The predicted molar refractivity (Wildman–Crippen MR) is 144 cm³/mol. The molecule has 180 valence electrons. The summed E-state index contributed by atoms with van der Waals surface area (Å²) in [6.45, 7) is 2.46. The van der Waals surface area contributed by atoms with Gasteiger partial charge in [0.15, 0.2) is 6.29 Å². The number of nitrogens with two attached hydrogens (primary N) is 2. The van der Waals surface area contributed by atoms with Crippen molar-refractivity contribution in [2.24, 2.45) is 15.9 Å². The fourth-order valence-electron chi connectivity index (χ4n) is 3.74. The number of primary sulfonamides is 1. The summed E-state index contributed by atoms with van der Waals surface area (Å²) < 4.78 is 24.4. The van der Waals surface area contributed by atoms with Crippen LogP contribution in [0.5, 0.6) is 0 Å². The number of sulfonamides is 1. The number of aldehydes is 1. The van der Waals surface area contributed by atoms with Crippen LogP contribution in [-0.4, -0.2) is 20.9 Å². The molecule has 7 nitrogen and oxygen atoms in total. The lowest BCUT2D eigenvalue weighted by Gasteiger charge is -2.14. The van der Waals surface area contributed by atoms with Gasteiger partial charge in [0, 0.05) is 6.54 Å². The lowest BCUT2D eigenvalue weighted by Crippen LogP contribution is -2.15. The first-order chi connectivity index (χ1) is 16.9. The topological polar surface area (TPSA) is 128 Å². The van der Waals surface area contributed by atoms with Crippen molar-refractivity contribution in [1.29, 1.82) is 0 Å². The number of hydrogen-bond acceptors (Lipinski definition) is 6. The smallest absolute Gasteiger partial charge is 0.238 e. The molecule has 0 radical (unpaired) electrons. The molecule has 0 fully saturated rings. The van der Waals surface area contributed by atoms with Crippen LogP contribution in [0.1, 0.15) is 30.0 Å². The number of nitrogens with zero attached hydrogens (tertiary/aromatic N) is 1. The van der Waals surface area contributed by atoms with Crippen molar-refractivity contribution < 1.29 is 13.2 Å². The number of aliphatic imine (C=N–C) groups is 1. The molecule has 2 aromatic carbocycles. The van der Waals surface area contributed by atoms with Gasteiger partial charge < -0.3 is 11.1 Å². The summed E-state index contributed by atoms with van der Waals surface area (Å²) in [5.74, 6) is 0. The minimum Gasteiger partial charge on any atom is -0.405 e. The van der Waals surface area contributed by atoms with E-state index in [0.717, 1.165) is 22.9 Å². The standard InChI is InChI=1S/C27H28N4O3S/c1-2-21(13-14-28)22-8-6-7-20(17-22)19-31-25-12-11-23(18-26(25)30-15-16-32)24-9-4-3-5-10-27(24)35(29,33)34/h2-8,10-18,31H,9,19,28H2,1H3,(H2,29,33,34)/b14-13-,21-2+,30-15?. The zero-order valence-corrected chi connectivity index (χ0v) is 20.2. The first-order valence-electron chi connectivity index (χ1n) is 11.0. The van der Waals surface area contributed by atoms with Crippen molar-refractivity contribution in [3.8, 4) is 0 Å². The number of hydrogen-bond donors (Lipinski definition) is 3. The Bertz CT molecular complexity index is 1380. The van der Waals surface area contributed by atoms with Crippen LogP contribution in [0.2, 0.25) is 0 Å². The van der Waals surface area contributed by atoms with E-state index in [2.05, 4.69) is 16.4 Å². The van der Waals surface area contributed by atoms with Gasteiger partial charge in [0.1, 0.15) is 0 Å². The number of rotatable bonds is 9. The van der Waals surface area contributed by atoms with Gasteiger partial charge in [-0.3, -0.25) is 9.79 Å². The van der Waals surface area contributed by atoms with E-state index in [9.17, 15) is 13.2 Å². The average molecular weight is 489 g/mol. The van der Waals surface area contributed by atoms with Crippen molar-refractivity contribution >= 4 is 45.0 Å². The van der Waals surface area contributed by atoms with Gasteiger partial charge in [-0.25, -0.2) is 13.6 Å². The highest BCUT2D eigenvalue weighted by molar-refractivity contribution is 7.93. The first-order valence-corrected chi connectivity index (χ1v) is 12.5. The zero-order valence-electron chi connectivity index (χ0n) is 19.4. The third-order valence-corrected chi connectivity index (χ3v) is 6.37. The van der Waals surface area contributed by atoms with Crippen LogP contribution in [0.25, 0.3) is 11.1 Å². The third kappa shape index (κ3) is 6.75. The Morgan fingerprint density at radius 1 is 1.17 bits per heavy atom. The van der Waals surface area contributed by atoms with Crippen molar-refractivity contribution in [2.45, 2.75) is 19.9 Å². The van der Waals surface area contributed by atoms with Crippen molar-refractivity contribution in [1.82, 2.24) is 0 Å². The molecule has 3 rings (SSSR count). The zero-order chi connectivity index (χ0) is 25.3. The summed E-state index contributed by atoms with van der Waals surface area (Å²) in [6, 6.07) is 13.4. The first kappa shape index (κ1) is 25.6. The minimum absolute atomic E-state index is 0.0525. The maximum atomic E-state index is 12.2. The van der Waals surface area contributed by atoms with E-state index in [1.807, 2.05) is 55.5 Å². The van der Waals surface area contributed by atoms with Crippen LogP contribution in [-0.2, 0) is 21.4 Å². The van der Waals surface area contributed by atoms with E-state index in [-0.39, 0.29) is 4.91 Å². The van der Waals surface area contributed by atoms with Crippen molar-refractivity contribution in [3.63, 3.8) is 0 Å². The maximum Gasteiger partial charge on any atom is 0.238 e. The van der Waals surface area contributed by atoms with Gasteiger partial charge in [-0.1, -0.05) is 48.6 Å². The molecule has 0 saturated heterocycles. The molecule has 35 heavy (non-hydrogen) atoms. The van der Waals surface area contributed by atoms with Gasteiger partial charge in [0.05, 0.1) is 22.5 Å². The highest BCUT2D eigenvalue weighted by Gasteiger charge is 2.18. The molecule has 0 unspecified atom stereocenters. The van der Waals surface area contributed by atoms with Gasteiger partial charge in [-0.2, -0.15) is 0 Å². The van der Waals surface area contributed by atoms with Crippen LogP contribution in [0.15, 0.2) is 95.0 Å². The summed E-state index contributed by atoms with van der Waals surface area (Å²) in [7, 11) is -3.92. The third-order valence-electron chi connectivity index (χ3n) is 5.37. The van der Waals surface area contributed by atoms with Crippen LogP contribution in [0, 0.1) is 0 Å². The second kappa shape index (κ2) is 11.9. The second-order valence-corrected chi connectivity index (χ2v) is 9.21. The summed E-state index contributed by atoms with van der Waals surface area (Å²) in [6.07, 6.45) is 14.2. The highest BCUT2D eigenvalue weighted by Crippen LogP contribution is 2.34. The van der Waals surface area contributed by atoms with Crippen molar-refractivity contribution in [3.05, 3.63) is 107 Å². The number of allylic oxidation sites excluding steroid dienone is 8. The molecular weight excluding hydrogens is 460 g/mol. The number of anilines is 1. The van der Waals surface area contributed by atoms with Gasteiger partial charge in [-0.15, -0.1) is 0 Å². The monoisotopic (exact) mass is 488 g/mol. The molecule has 1 aliphatic carbocycles.